The van der Waals surface area contributed by atoms with Crippen molar-refractivity contribution in [1.82, 2.24) is 4.98 Å². The third-order valence-electron chi connectivity index (χ3n) is 3.42. The number of hydrogen-bond acceptors (Lipinski definition) is 3. The first-order valence-electron chi connectivity index (χ1n) is 6.43. The van der Waals surface area contributed by atoms with E-state index in [1.807, 2.05) is 19.2 Å². The number of aromatic nitrogens is 1. The molecule has 0 spiro atoms. The summed E-state index contributed by atoms with van der Waals surface area (Å²) in [6, 6.07) is 4.11. The van der Waals surface area contributed by atoms with E-state index in [2.05, 4.69) is 18.0 Å². The maximum absolute atomic E-state index is 10.3. The Kier molecular flexibility index (Phi) is 3.79. The van der Waals surface area contributed by atoms with Gasteiger partial charge in [0.25, 0.3) is 0 Å². The van der Waals surface area contributed by atoms with Gasteiger partial charge >= 0.3 is 0 Å². The molecule has 1 heterocycles. The molecule has 17 heavy (non-hydrogen) atoms. The van der Waals surface area contributed by atoms with Crippen LogP contribution in [0.4, 0.5) is 0 Å². The van der Waals surface area contributed by atoms with Crippen LogP contribution in [0.2, 0.25) is 0 Å². The molecule has 0 atom stereocenters. The average Bonchev–Trinajstić information content (AvgIpc) is 2.28. The summed E-state index contributed by atoms with van der Waals surface area (Å²) in [7, 11) is 0. The Morgan fingerprint density at radius 1 is 1.41 bits per heavy atom. The van der Waals surface area contributed by atoms with Crippen LogP contribution in [-0.4, -0.2) is 28.4 Å². The Morgan fingerprint density at radius 2 is 2.18 bits per heavy atom. The molecule has 1 aliphatic rings. The van der Waals surface area contributed by atoms with Gasteiger partial charge in [0.1, 0.15) is 0 Å². The lowest BCUT2D eigenvalue weighted by atomic mass is 9.74. The van der Waals surface area contributed by atoms with E-state index in [0.717, 1.165) is 31.6 Å². The molecule has 0 bridgehead atoms. The topological polar surface area (TPSA) is 42.4 Å². The van der Waals surface area contributed by atoms with Crippen molar-refractivity contribution in [2.24, 2.45) is 0 Å². The molecule has 0 saturated heterocycles. The minimum absolute atomic E-state index is 0.236. The van der Waals surface area contributed by atoms with Gasteiger partial charge in [-0.15, -0.1) is 0 Å². The molecule has 1 saturated carbocycles. The molecule has 94 valence electrons. The van der Waals surface area contributed by atoms with Crippen LogP contribution in [0.3, 0.4) is 0 Å². The molecular formula is C14H21NO2. The van der Waals surface area contributed by atoms with Crippen molar-refractivity contribution >= 4 is 0 Å². The molecule has 0 amide bonds. The first-order valence-corrected chi connectivity index (χ1v) is 6.43. The van der Waals surface area contributed by atoms with E-state index < -0.39 is 5.60 Å². The average molecular weight is 235 g/mol. The summed E-state index contributed by atoms with van der Waals surface area (Å²) in [5.74, 6) is 0. The maximum atomic E-state index is 10.3. The van der Waals surface area contributed by atoms with E-state index in [1.165, 1.54) is 5.56 Å². The molecular weight excluding hydrogens is 214 g/mol. The standard InChI is InChI=1S/C14H21NO2/c1-3-11-5-6-12(15-10-11)7-14(16)8-13(9-14)17-4-2/h5-6,10,13,16H,3-4,7-9H2,1-2H3. The van der Waals surface area contributed by atoms with E-state index in [-0.39, 0.29) is 6.10 Å². The minimum atomic E-state index is -0.597. The highest BCUT2D eigenvalue weighted by atomic mass is 16.5. The van der Waals surface area contributed by atoms with Crippen LogP contribution in [-0.2, 0) is 17.6 Å². The summed E-state index contributed by atoms with van der Waals surface area (Å²) < 4.78 is 5.47. The highest BCUT2D eigenvalue weighted by molar-refractivity contribution is 5.16. The zero-order valence-corrected chi connectivity index (χ0v) is 10.6. The van der Waals surface area contributed by atoms with Crippen LogP contribution >= 0.6 is 0 Å². The van der Waals surface area contributed by atoms with Gasteiger partial charge in [0.05, 0.1) is 11.7 Å². The molecule has 3 nitrogen and oxygen atoms in total. The molecule has 1 aliphatic carbocycles. The number of ether oxygens (including phenoxy) is 1. The van der Waals surface area contributed by atoms with Crippen LogP contribution in [0.15, 0.2) is 18.3 Å². The summed E-state index contributed by atoms with van der Waals surface area (Å²) in [6.45, 7) is 4.83. The monoisotopic (exact) mass is 235 g/mol. The number of nitrogens with zero attached hydrogens (tertiary/aromatic N) is 1. The van der Waals surface area contributed by atoms with Crippen molar-refractivity contribution in [3.8, 4) is 0 Å². The summed E-state index contributed by atoms with van der Waals surface area (Å²) >= 11 is 0. The summed E-state index contributed by atoms with van der Waals surface area (Å²) in [6.07, 6.45) is 5.25. The smallest absolute Gasteiger partial charge is 0.0752 e. The lowest BCUT2D eigenvalue weighted by Gasteiger charge is -2.43. The van der Waals surface area contributed by atoms with Gasteiger partial charge in [0.15, 0.2) is 0 Å². The van der Waals surface area contributed by atoms with Gasteiger partial charge < -0.3 is 9.84 Å². The van der Waals surface area contributed by atoms with Gasteiger partial charge in [-0.25, -0.2) is 0 Å². The third-order valence-corrected chi connectivity index (χ3v) is 3.42. The Labute approximate surface area is 103 Å². The molecule has 0 aromatic carbocycles. The van der Waals surface area contributed by atoms with Crippen LogP contribution < -0.4 is 0 Å². The summed E-state index contributed by atoms with van der Waals surface area (Å²) in [5, 5.41) is 10.3. The third kappa shape index (κ3) is 3.05. The molecule has 1 N–H and O–H groups in total. The second-order valence-electron chi connectivity index (χ2n) is 4.90. The molecule has 0 aliphatic heterocycles. The van der Waals surface area contributed by atoms with E-state index in [4.69, 9.17) is 4.74 Å². The summed E-state index contributed by atoms with van der Waals surface area (Å²) in [4.78, 5) is 4.39. The predicted octanol–water partition coefficient (Wildman–Crippen LogP) is 2.12. The van der Waals surface area contributed by atoms with E-state index in [0.29, 0.717) is 6.42 Å². The zero-order chi connectivity index (χ0) is 12.3. The number of rotatable bonds is 5. The lowest BCUT2D eigenvalue weighted by Crippen LogP contribution is -2.50. The number of pyridine rings is 1. The van der Waals surface area contributed by atoms with Gasteiger partial charge in [-0.05, 0) is 25.0 Å². The zero-order valence-electron chi connectivity index (χ0n) is 10.6. The second kappa shape index (κ2) is 5.15. The normalized spacial score (nSPS) is 27.8. The number of hydrogen-bond donors (Lipinski definition) is 1. The fraction of sp³-hybridized carbons (Fsp3) is 0.643. The fourth-order valence-electron chi connectivity index (χ4n) is 2.39. The highest BCUT2D eigenvalue weighted by Crippen LogP contribution is 2.36. The van der Waals surface area contributed by atoms with Gasteiger partial charge in [-0.3, -0.25) is 4.98 Å². The van der Waals surface area contributed by atoms with Crippen molar-refractivity contribution in [2.45, 2.75) is 51.2 Å². The quantitative estimate of drug-likeness (QED) is 0.850. The van der Waals surface area contributed by atoms with Crippen molar-refractivity contribution < 1.29 is 9.84 Å². The van der Waals surface area contributed by atoms with Crippen LogP contribution in [0.1, 0.15) is 37.9 Å². The van der Waals surface area contributed by atoms with Gasteiger partial charge in [0, 0.05) is 37.8 Å². The Balaban J connectivity index is 1.88. The van der Waals surface area contributed by atoms with Crippen LogP contribution in [0.25, 0.3) is 0 Å². The van der Waals surface area contributed by atoms with Crippen molar-refractivity contribution in [3.63, 3.8) is 0 Å². The molecule has 1 fully saturated rings. The first-order chi connectivity index (χ1) is 8.15. The fourth-order valence-corrected chi connectivity index (χ4v) is 2.39. The van der Waals surface area contributed by atoms with Gasteiger partial charge in [-0.1, -0.05) is 13.0 Å². The van der Waals surface area contributed by atoms with Crippen LogP contribution in [0, 0.1) is 0 Å². The predicted molar refractivity (Wildman–Crippen MR) is 66.9 cm³/mol. The maximum Gasteiger partial charge on any atom is 0.0752 e. The summed E-state index contributed by atoms with van der Waals surface area (Å²) in [5.41, 5.74) is 1.61. The molecule has 0 unspecified atom stereocenters. The van der Waals surface area contributed by atoms with Gasteiger partial charge in [-0.2, -0.15) is 0 Å². The Morgan fingerprint density at radius 3 is 2.71 bits per heavy atom. The van der Waals surface area contributed by atoms with Gasteiger partial charge in [0.2, 0.25) is 0 Å². The Hall–Kier alpha value is -0.930. The lowest BCUT2D eigenvalue weighted by molar-refractivity contribution is -0.136. The first kappa shape index (κ1) is 12.5. The number of aryl methyl sites for hydroxylation is 1. The SMILES string of the molecule is CCOC1CC(O)(Cc2ccc(CC)cn2)C1. The second-order valence-corrected chi connectivity index (χ2v) is 4.90. The molecule has 1 aromatic heterocycles. The molecule has 0 radical (unpaired) electrons. The van der Waals surface area contributed by atoms with E-state index in [9.17, 15) is 5.11 Å². The highest BCUT2D eigenvalue weighted by Gasteiger charge is 2.43. The van der Waals surface area contributed by atoms with E-state index in [1.54, 1.807) is 0 Å². The Bertz CT molecular complexity index is 355. The molecule has 3 heteroatoms. The molecule has 1 aromatic rings. The largest absolute Gasteiger partial charge is 0.389 e. The van der Waals surface area contributed by atoms with Crippen LogP contribution in [0.5, 0.6) is 0 Å². The molecule has 2 rings (SSSR count). The van der Waals surface area contributed by atoms with Crippen molar-refractivity contribution in [3.05, 3.63) is 29.6 Å². The minimum Gasteiger partial charge on any atom is -0.389 e. The van der Waals surface area contributed by atoms with Crippen molar-refractivity contribution in [2.75, 3.05) is 6.61 Å². The number of aliphatic hydroxyl groups is 1. The van der Waals surface area contributed by atoms with E-state index >= 15 is 0 Å². The van der Waals surface area contributed by atoms with Crippen molar-refractivity contribution in [1.29, 1.82) is 0 Å².